The second-order valence-electron chi connectivity index (χ2n) is 5.13. The quantitative estimate of drug-likeness (QED) is 0.829. The molecule has 1 aromatic heterocycles. The first-order valence-corrected chi connectivity index (χ1v) is 6.53. The molecule has 1 aromatic carbocycles. The minimum atomic E-state index is 0.303. The van der Waals surface area contributed by atoms with E-state index in [9.17, 15) is 0 Å². The highest BCUT2D eigenvalue weighted by Crippen LogP contribution is 2.30. The molecule has 92 valence electrons. The van der Waals surface area contributed by atoms with E-state index in [-0.39, 0.29) is 0 Å². The second-order valence-corrected chi connectivity index (χ2v) is 5.13. The van der Waals surface area contributed by atoms with Crippen molar-refractivity contribution in [1.29, 1.82) is 0 Å². The lowest BCUT2D eigenvalue weighted by Crippen LogP contribution is -2.28. The summed E-state index contributed by atoms with van der Waals surface area (Å²) in [4.78, 5) is 4.39. The highest BCUT2D eigenvalue weighted by atomic mass is 14.7. The van der Waals surface area contributed by atoms with Gasteiger partial charge in [0, 0.05) is 23.5 Å². The van der Waals surface area contributed by atoms with Gasteiger partial charge in [-0.3, -0.25) is 4.98 Å². The van der Waals surface area contributed by atoms with E-state index in [0.29, 0.717) is 6.04 Å². The van der Waals surface area contributed by atoms with E-state index >= 15 is 0 Å². The van der Waals surface area contributed by atoms with E-state index in [4.69, 9.17) is 5.73 Å². The van der Waals surface area contributed by atoms with Gasteiger partial charge in [0.05, 0.1) is 0 Å². The summed E-state index contributed by atoms with van der Waals surface area (Å²) in [6, 6.07) is 11.1. The van der Waals surface area contributed by atoms with Gasteiger partial charge in [0.15, 0.2) is 0 Å². The van der Waals surface area contributed by atoms with Gasteiger partial charge in [-0.25, -0.2) is 0 Å². The maximum absolute atomic E-state index is 6.11. The highest BCUT2D eigenvalue weighted by Gasteiger charge is 2.18. The van der Waals surface area contributed by atoms with Gasteiger partial charge in [-0.05, 0) is 48.9 Å². The number of aryl methyl sites for hydroxylation is 2. The smallest absolute Gasteiger partial charge is 0.0373 e. The summed E-state index contributed by atoms with van der Waals surface area (Å²) in [6.07, 6.45) is 5.15. The van der Waals surface area contributed by atoms with Crippen molar-refractivity contribution in [3.05, 3.63) is 53.3 Å². The van der Waals surface area contributed by atoms with Crippen LogP contribution in [0.2, 0.25) is 0 Å². The Balaban J connectivity index is 2.09. The molecule has 0 unspecified atom stereocenters. The zero-order valence-corrected chi connectivity index (χ0v) is 10.7. The summed E-state index contributed by atoms with van der Waals surface area (Å²) in [7, 11) is 0. The number of aromatic nitrogens is 1. The van der Waals surface area contributed by atoms with Crippen molar-refractivity contribution in [2.75, 3.05) is 0 Å². The molecule has 2 N–H and O–H groups in total. The van der Waals surface area contributed by atoms with Gasteiger partial charge in [0.1, 0.15) is 0 Å². The van der Waals surface area contributed by atoms with Crippen LogP contribution in [-0.2, 0) is 12.8 Å². The lowest BCUT2D eigenvalue weighted by Gasteiger charge is -2.24. The predicted octanol–water partition coefficient (Wildman–Crippen LogP) is 2.87. The standard InChI is InChI=1S/C16H18N2/c1-11-5-6-13(10-18-11)15-4-2-3-12-7-8-14(17)9-16(12)15/h2-6,10,14H,7-9,17H2,1H3/t14-/m1/s1. The number of pyridine rings is 1. The SMILES string of the molecule is Cc1ccc(-c2cccc3c2C[C@H](N)CC3)cn1. The van der Waals surface area contributed by atoms with Gasteiger partial charge in [-0.2, -0.15) is 0 Å². The van der Waals surface area contributed by atoms with E-state index in [1.54, 1.807) is 0 Å². The number of rotatable bonds is 1. The molecule has 2 aromatic rings. The molecule has 0 radical (unpaired) electrons. The van der Waals surface area contributed by atoms with Crippen molar-refractivity contribution in [2.24, 2.45) is 5.73 Å². The van der Waals surface area contributed by atoms with Crippen LogP contribution in [0, 0.1) is 6.92 Å². The van der Waals surface area contributed by atoms with Crippen LogP contribution in [0.5, 0.6) is 0 Å². The van der Waals surface area contributed by atoms with Crippen LogP contribution in [-0.4, -0.2) is 11.0 Å². The number of fused-ring (bicyclic) bond motifs is 1. The maximum atomic E-state index is 6.11. The third-order valence-corrected chi connectivity index (χ3v) is 3.75. The summed E-state index contributed by atoms with van der Waals surface area (Å²) < 4.78 is 0. The molecule has 2 nitrogen and oxygen atoms in total. The molecule has 1 aliphatic rings. The minimum absolute atomic E-state index is 0.303. The summed E-state index contributed by atoms with van der Waals surface area (Å²) in [5, 5.41) is 0. The van der Waals surface area contributed by atoms with Crippen LogP contribution >= 0.6 is 0 Å². The Morgan fingerprint density at radius 2 is 2.11 bits per heavy atom. The molecule has 18 heavy (non-hydrogen) atoms. The summed E-state index contributed by atoms with van der Waals surface area (Å²) in [6.45, 7) is 2.01. The molecule has 0 fully saturated rings. The van der Waals surface area contributed by atoms with Crippen LogP contribution in [0.25, 0.3) is 11.1 Å². The molecule has 1 atom stereocenters. The largest absolute Gasteiger partial charge is 0.327 e. The Bertz CT molecular complexity index is 558. The molecule has 0 spiro atoms. The van der Waals surface area contributed by atoms with Crippen LogP contribution in [0.15, 0.2) is 36.5 Å². The zero-order chi connectivity index (χ0) is 12.5. The van der Waals surface area contributed by atoms with E-state index < -0.39 is 0 Å². The normalized spacial score (nSPS) is 18.4. The van der Waals surface area contributed by atoms with Crippen molar-refractivity contribution in [3.63, 3.8) is 0 Å². The first kappa shape index (κ1) is 11.4. The Hall–Kier alpha value is -1.67. The molecule has 3 rings (SSSR count). The fourth-order valence-corrected chi connectivity index (χ4v) is 2.71. The third kappa shape index (κ3) is 2.04. The van der Waals surface area contributed by atoms with Crippen LogP contribution in [0.4, 0.5) is 0 Å². The second kappa shape index (κ2) is 4.54. The zero-order valence-electron chi connectivity index (χ0n) is 10.7. The molecule has 0 bridgehead atoms. The Labute approximate surface area is 108 Å². The van der Waals surface area contributed by atoms with Gasteiger partial charge in [-0.1, -0.05) is 24.3 Å². The average Bonchev–Trinajstić information content (AvgIpc) is 2.39. The molecular formula is C16H18N2. The fourth-order valence-electron chi connectivity index (χ4n) is 2.71. The highest BCUT2D eigenvalue weighted by molar-refractivity contribution is 5.68. The Morgan fingerprint density at radius 3 is 2.89 bits per heavy atom. The third-order valence-electron chi connectivity index (χ3n) is 3.75. The average molecular weight is 238 g/mol. The first-order chi connectivity index (χ1) is 8.74. The minimum Gasteiger partial charge on any atom is -0.327 e. The van der Waals surface area contributed by atoms with Crippen molar-refractivity contribution in [2.45, 2.75) is 32.2 Å². The van der Waals surface area contributed by atoms with Crippen molar-refractivity contribution in [3.8, 4) is 11.1 Å². The number of hydrogen-bond donors (Lipinski definition) is 1. The lowest BCUT2D eigenvalue weighted by atomic mass is 9.84. The van der Waals surface area contributed by atoms with Gasteiger partial charge in [-0.15, -0.1) is 0 Å². The number of nitrogens with two attached hydrogens (primary N) is 1. The summed E-state index contributed by atoms with van der Waals surface area (Å²) in [5.74, 6) is 0. The Kier molecular flexibility index (Phi) is 2.88. The van der Waals surface area contributed by atoms with E-state index in [1.165, 1.54) is 22.3 Å². The molecule has 0 saturated heterocycles. The molecule has 0 amide bonds. The van der Waals surface area contributed by atoms with Crippen molar-refractivity contribution >= 4 is 0 Å². The lowest BCUT2D eigenvalue weighted by molar-refractivity contribution is 0.577. The summed E-state index contributed by atoms with van der Waals surface area (Å²) in [5.41, 5.74) is 12.5. The monoisotopic (exact) mass is 238 g/mol. The van der Waals surface area contributed by atoms with Crippen LogP contribution in [0.3, 0.4) is 0 Å². The molecule has 0 aliphatic heterocycles. The van der Waals surface area contributed by atoms with Gasteiger partial charge >= 0.3 is 0 Å². The topological polar surface area (TPSA) is 38.9 Å². The molecule has 1 aliphatic carbocycles. The summed E-state index contributed by atoms with van der Waals surface area (Å²) >= 11 is 0. The van der Waals surface area contributed by atoms with Gasteiger partial charge in [0.2, 0.25) is 0 Å². The van der Waals surface area contributed by atoms with Crippen LogP contribution < -0.4 is 5.73 Å². The van der Waals surface area contributed by atoms with Gasteiger partial charge in [0.25, 0.3) is 0 Å². The van der Waals surface area contributed by atoms with Gasteiger partial charge < -0.3 is 5.73 Å². The molecule has 2 heteroatoms. The molecule has 0 saturated carbocycles. The fraction of sp³-hybridized carbons (Fsp3) is 0.312. The molecular weight excluding hydrogens is 220 g/mol. The van der Waals surface area contributed by atoms with E-state index in [2.05, 4.69) is 35.3 Å². The van der Waals surface area contributed by atoms with E-state index in [1.807, 2.05) is 13.1 Å². The number of hydrogen-bond acceptors (Lipinski definition) is 2. The maximum Gasteiger partial charge on any atom is 0.0373 e. The Morgan fingerprint density at radius 1 is 1.22 bits per heavy atom. The number of nitrogens with zero attached hydrogens (tertiary/aromatic N) is 1. The first-order valence-electron chi connectivity index (χ1n) is 6.53. The van der Waals surface area contributed by atoms with E-state index in [0.717, 1.165) is 25.0 Å². The molecule has 1 heterocycles. The van der Waals surface area contributed by atoms with Crippen LogP contribution in [0.1, 0.15) is 23.2 Å². The van der Waals surface area contributed by atoms with Crippen molar-refractivity contribution < 1.29 is 0 Å². The number of benzene rings is 1. The predicted molar refractivity (Wildman–Crippen MR) is 74.4 cm³/mol. The van der Waals surface area contributed by atoms with Crippen molar-refractivity contribution in [1.82, 2.24) is 4.98 Å².